The van der Waals surface area contributed by atoms with Crippen LogP contribution >= 0.6 is 0 Å². The van der Waals surface area contributed by atoms with Crippen molar-refractivity contribution in [3.05, 3.63) is 28.4 Å². The van der Waals surface area contributed by atoms with Crippen molar-refractivity contribution in [2.45, 2.75) is 0 Å². The van der Waals surface area contributed by atoms with Gasteiger partial charge in [-0.1, -0.05) is 5.92 Å². The lowest BCUT2D eigenvalue weighted by atomic mass is 10.2. The molecular formula is C10H7N3O3. The Labute approximate surface area is 90.4 Å². The highest BCUT2D eigenvalue weighted by Gasteiger charge is 2.17. The monoisotopic (exact) mass is 217 g/mol. The van der Waals surface area contributed by atoms with Gasteiger partial charge in [-0.25, -0.2) is 0 Å². The smallest absolute Gasteiger partial charge is 0.311 e. The van der Waals surface area contributed by atoms with Gasteiger partial charge in [0, 0.05) is 23.7 Å². The van der Waals surface area contributed by atoms with E-state index in [4.69, 9.17) is 11.2 Å². The second kappa shape index (κ2) is 3.90. The van der Waals surface area contributed by atoms with E-state index in [1.165, 1.54) is 12.1 Å². The Hall–Kier alpha value is -2.55. The zero-order chi connectivity index (χ0) is 11.5. The predicted octanol–water partition coefficient (Wildman–Crippen LogP) is 1.48. The summed E-state index contributed by atoms with van der Waals surface area (Å²) >= 11 is 0. The van der Waals surface area contributed by atoms with E-state index in [2.05, 4.69) is 16.1 Å². The SMILES string of the molecule is C#CCOc1cc2n[nH]cc2cc1[N+](=O)[O-]. The molecule has 6 nitrogen and oxygen atoms in total. The topological polar surface area (TPSA) is 81.0 Å². The molecule has 0 atom stereocenters. The fraction of sp³-hybridized carbons (Fsp3) is 0.100. The number of fused-ring (bicyclic) bond motifs is 1. The van der Waals surface area contributed by atoms with Gasteiger partial charge >= 0.3 is 5.69 Å². The largest absolute Gasteiger partial charge is 0.474 e. The normalized spacial score (nSPS) is 9.94. The first-order chi connectivity index (χ1) is 7.72. The van der Waals surface area contributed by atoms with Gasteiger partial charge in [0.25, 0.3) is 0 Å². The number of nitro benzene ring substituents is 1. The van der Waals surface area contributed by atoms with E-state index in [0.717, 1.165) is 0 Å². The minimum atomic E-state index is -0.516. The zero-order valence-corrected chi connectivity index (χ0v) is 8.14. The van der Waals surface area contributed by atoms with E-state index in [-0.39, 0.29) is 18.0 Å². The number of H-pyrrole nitrogens is 1. The van der Waals surface area contributed by atoms with Gasteiger partial charge in [-0.3, -0.25) is 15.2 Å². The minimum Gasteiger partial charge on any atom is -0.474 e. The second-order valence-corrected chi connectivity index (χ2v) is 3.01. The van der Waals surface area contributed by atoms with E-state index in [9.17, 15) is 10.1 Å². The van der Waals surface area contributed by atoms with Crippen LogP contribution in [0.2, 0.25) is 0 Å². The molecule has 0 fully saturated rings. The molecule has 0 spiro atoms. The molecule has 0 aliphatic heterocycles. The summed E-state index contributed by atoms with van der Waals surface area (Å²) in [6, 6.07) is 2.88. The molecule has 0 radical (unpaired) electrons. The molecule has 0 saturated heterocycles. The predicted molar refractivity (Wildman–Crippen MR) is 57.1 cm³/mol. The highest BCUT2D eigenvalue weighted by Crippen LogP contribution is 2.31. The van der Waals surface area contributed by atoms with Gasteiger partial charge in [-0.15, -0.1) is 6.42 Å². The summed E-state index contributed by atoms with van der Waals surface area (Å²) in [5.74, 6) is 2.38. The molecule has 0 bridgehead atoms. The van der Waals surface area contributed by atoms with Crippen molar-refractivity contribution < 1.29 is 9.66 Å². The summed E-state index contributed by atoms with van der Waals surface area (Å²) in [5, 5.41) is 18.0. The van der Waals surface area contributed by atoms with E-state index < -0.39 is 4.92 Å². The Morgan fingerprint density at radius 2 is 2.44 bits per heavy atom. The number of aromatic nitrogens is 2. The van der Waals surface area contributed by atoms with Gasteiger partial charge in [-0.05, 0) is 0 Å². The highest BCUT2D eigenvalue weighted by atomic mass is 16.6. The number of terminal acetylenes is 1. The summed E-state index contributed by atoms with van der Waals surface area (Å²) in [6.45, 7) is -0.0171. The van der Waals surface area contributed by atoms with Crippen molar-refractivity contribution >= 4 is 16.6 Å². The Kier molecular flexibility index (Phi) is 2.44. The van der Waals surface area contributed by atoms with Crippen LogP contribution in [0.4, 0.5) is 5.69 Å². The summed E-state index contributed by atoms with van der Waals surface area (Å²) in [6.07, 6.45) is 6.61. The standard InChI is InChI=1S/C10H7N3O3/c1-2-3-16-10-5-8-7(6-11-12-8)4-9(10)13(14)15/h1,4-6H,3H2,(H,11,12). The lowest BCUT2D eigenvalue weighted by molar-refractivity contribution is -0.385. The molecule has 16 heavy (non-hydrogen) atoms. The summed E-state index contributed by atoms with van der Waals surface area (Å²) < 4.78 is 5.09. The third-order valence-electron chi connectivity index (χ3n) is 2.02. The number of hydrogen-bond donors (Lipinski definition) is 1. The molecule has 80 valence electrons. The molecule has 1 aromatic heterocycles. The highest BCUT2D eigenvalue weighted by molar-refractivity contribution is 5.83. The fourth-order valence-electron chi connectivity index (χ4n) is 1.34. The van der Waals surface area contributed by atoms with Crippen molar-refractivity contribution in [3.63, 3.8) is 0 Å². The lowest BCUT2D eigenvalue weighted by Crippen LogP contribution is -1.98. The van der Waals surface area contributed by atoms with Crippen LogP contribution in [0.25, 0.3) is 10.9 Å². The summed E-state index contributed by atoms with van der Waals surface area (Å²) in [5.41, 5.74) is 0.474. The molecule has 0 aliphatic rings. The molecular weight excluding hydrogens is 210 g/mol. The number of hydrogen-bond acceptors (Lipinski definition) is 4. The average Bonchev–Trinajstić information content (AvgIpc) is 2.71. The average molecular weight is 217 g/mol. The number of rotatable bonds is 3. The number of benzene rings is 1. The van der Waals surface area contributed by atoms with Crippen LogP contribution < -0.4 is 4.74 Å². The maximum Gasteiger partial charge on any atom is 0.311 e. The molecule has 0 amide bonds. The van der Waals surface area contributed by atoms with Crippen LogP contribution in [0.3, 0.4) is 0 Å². The molecule has 0 aliphatic carbocycles. The molecule has 2 aromatic rings. The van der Waals surface area contributed by atoms with Gasteiger partial charge in [0.2, 0.25) is 0 Å². The number of nitrogens with one attached hydrogen (secondary N) is 1. The second-order valence-electron chi connectivity index (χ2n) is 3.01. The summed E-state index contributed by atoms with van der Waals surface area (Å²) in [7, 11) is 0. The minimum absolute atomic E-state index is 0.0171. The van der Waals surface area contributed by atoms with E-state index in [1.54, 1.807) is 6.20 Å². The number of ether oxygens (including phenoxy) is 1. The third kappa shape index (κ3) is 1.66. The van der Waals surface area contributed by atoms with Crippen LogP contribution in [-0.4, -0.2) is 21.7 Å². The fourth-order valence-corrected chi connectivity index (χ4v) is 1.34. The summed E-state index contributed by atoms with van der Waals surface area (Å²) in [4.78, 5) is 10.3. The van der Waals surface area contributed by atoms with Gasteiger partial charge in [-0.2, -0.15) is 5.10 Å². The molecule has 1 N–H and O–H groups in total. The van der Waals surface area contributed by atoms with Gasteiger partial charge < -0.3 is 4.74 Å². The van der Waals surface area contributed by atoms with E-state index >= 15 is 0 Å². The van der Waals surface area contributed by atoms with Gasteiger partial charge in [0.15, 0.2) is 5.75 Å². The van der Waals surface area contributed by atoms with Crippen molar-refractivity contribution in [3.8, 4) is 18.1 Å². The maximum absolute atomic E-state index is 10.8. The number of nitrogens with zero attached hydrogens (tertiary/aromatic N) is 2. The Balaban J connectivity index is 2.54. The molecule has 2 rings (SSSR count). The van der Waals surface area contributed by atoms with Crippen molar-refractivity contribution in [1.82, 2.24) is 10.2 Å². The molecule has 6 heteroatoms. The maximum atomic E-state index is 10.8. The molecule has 0 saturated carbocycles. The Morgan fingerprint density at radius 3 is 3.12 bits per heavy atom. The Morgan fingerprint density at radius 1 is 1.62 bits per heavy atom. The van der Waals surface area contributed by atoms with Crippen LogP contribution in [0.5, 0.6) is 5.75 Å². The van der Waals surface area contributed by atoms with E-state index in [0.29, 0.717) is 10.9 Å². The molecule has 1 heterocycles. The van der Waals surface area contributed by atoms with Crippen LogP contribution in [0, 0.1) is 22.5 Å². The van der Waals surface area contributed by atoms with Crippen molar-refractivity contribution in [2.24, 2.45) is 0 Å². The Bertz CT molecular complexity index is 582. The quantitative estimate of drug-likeness (QED) is 0.479. The first-order valence-corrected chi connectivity index (χ1v) is 4.40. The molecule has 1 aromatic carbocycles. The van der Waals surface area contributed by atoms with E-state index in [1.807, 2.05) is 0 Å². The zero-order valence-electron chi connectivity index (χ0n) is 8.14. The lowest BCUT2D eigenvalue weighted by Gasteiger charge is -2.02. The van der Waals surface area contributed by atoms with Gasteiger partial charge in [0.1, 0.15) is 6.61 Å². The first kappa shape index (κ1) is 9.98. The van der Waals surface area contributed by atoms with Gasteiger partial charge in [0.05, 0.1) is 10.4 Å². The number of nitro groups is 1. The van der Waals surface area contributed by atoms with Crippen LogP contribution in [0.15, 0.2) is 18.3 Å². The first-order valence-electron chi connectivity index (χ1n) is 4.40. The van der Waals surface area contributed by atoms with Crippen molar-refractivity contribution in [1.29, 1.82) is 0 Å². The number of aromatic amines is 1. The van der Waals surface area contributed by atoms with Crippen molar-refractivity contribution in [2.75, 3.05) is 6.61 Å². The van der Waals surface area contributed by atoms with Crippen LogP contribution in [-0.2, 0) is 0 Å². The molecule has 0 unspecified atom stereocenters. The third-order valence-corrected chi connectivity index (χ3v) is 2.02. The van der Waals surface area contributed by atoms with Crippen LogP contribution in [0.1, 0.15) is 0 Å².